The van der Waals surface area contributed by atoms with Crippen molar-refractivity contribution >= 4 is 5.91 Å². The van der Waals surface area contributed by atoms with E-state index in [0.717, 1.165) is 18.5 Å². The minimum atomic E-state index is 0.0599. The van der Waals surface area contributed by atoms with Gasteiger partial charge in [0.25, 0.3) is 5.91 Å². The first-order chi connectivity index (χ1) is 10.7. The standard InChI is InChI=1S/C18H22N2O2/c1-14-4-5-15(13-21)12-20(14)18(22)16-6-8-17(9-7-16)19-10-2-3-11-19/h2-3,6-11,14-15,21H,4-5,12-13H2,1H3. The third kappa shape index (κ3) is 2.92. The lowest BCUT2D eigenvalue weighted by Gasteiger charge is -2.37. The van der Waals surface area contributed by atoms with Crippen molar-refractivity contribution in [3.8, 4) is 5.69 Å². The van der Waals surface area contributed by atoms with Crippen molar-refractivity contribution < 1.29 is 9.90 Å². The van der Waals surface area contributed by atoms with Gasteiger partial charge in [-0.3, -0.25) is 4.79 Å². The molecule has 0 aliphatic carbocycles. The zero-order valence-corrected chi connectivity index (χ0v) is 12.9. The normalized spacial score (nSPS) is 21.8. The first-order valence-electron chi connectivity index (χ1n) is 7.84. The van der Waals surface area contributed by atoms with Gasteiger partial charge in [-0.2, -0.15) is 0 Å². The summed E-state index contributed by atoms with van der Waals surface area (Å²) in [5, 5.41) is 9.35. The maximum atomic E-state index is 12.7. The van der Waals surface area contributed by atoms with Crippen LogP contribution in [0.4, 0.5) is 0 Å². The molecule has 1 N–H and O–H groups in total. The molecule has 1 aromatic heterocycles. The van der Waals surface area contributed by atoms with E-state index in [4.69, 9.17) is 0 Å². The van der Waals surface area contributed by atoms with E-state index < -0.39 is 0 Å². The number of likely N-dealkylation sites (tertiary alicyclic amines) is 1. The highest BCUT2D eigenvalue weighted by Crippen LogP contribution is 2.23. The van der Waals surface area contributed by atoms with Crippen LogP contribution in [0.2, 0.25) is 0 Å². The van der Waals surface area contributed by atoms with Crippen LogP contribution in [0.1, 0.15) is 30.1 Å². The summed E-state index contributed by atoms with van der Waals surface area (Å²) in [5.41, 5.74) is 1.75. The van der Waals surface area contributed by atoms with E-state index >= 15 is 0 Å². The van der Waals surface area contributed by atoms with Gasteiger partial charge in [0.1, 0.15) is 0 Å². The number of hydrogen-bond donors (Lipinski definition) is 1. The number of aromatic nitrogens is 1. The maximum Gasteiger partial charge on any atom is 0.254 e. The van der Waals surface area contributed by atoms with Crippen molar-refractivity contribution in [3.05, 3.63) is 54.4 Å². The molecular weight excluding hydrogens is 276 g/mol. The first-order valence-corrected chi connectivity index (χ1v) is 7.84. The number of nitrogens with zero attached hydrogens (tertiary/aromatic N) is 2. The predicted octanol–water partition coefficient (Wildman–Crippen LogP) is 2.71. The van der Waals surface area contributed by atoms with Gasteiger partial charge in [-0.1, -0.05) is 0 Å². The summed E-state index contributed by atoms with van der Waals surface area (Å²) >= 11 is 0. The Labute approximate surface area is 131 Å². The predicted molar refractivity (Wildman–Crippen MR) is 86.1 cm³/mol. The summed E-state index contributed by atoms with van der Waals surface area (Å²) in [7, 11) is 0. The molecule has 116 valence electrons. The Morgan fingerprint density at radius 2 is 1.86 bits per heavy atom. The third-order valence-electron chi connectivity index (χ3n) is 4.52. The minimum Gasteiger partial charge on any atom is -0.396 e. The molecule has 4 heteroatoms. The molecule has 1 aliphatic heterocycles. The second-order valence-corrected chi connectivity index (χ2v) is 6.07. The molecule has 0 radical (unpaired) electrons. The number of benzene rings is 1. The lowest BCUT2D eigenvalue weighted by Crippen LogP contribution is -2.46. The fourth-order valence-electron chi connectivity index (χ4n) is 3.06. The van der Waals surface area contributed by atoms with Crippen LogP contribution in [-0.4, -0.2) is 39.7 Å². The van der Waals surface area contributed by atoms with Crippen molar-refractivity contribution in [1.82, 2.24) is 9.47 Å². The molecular formula is C18H22N2O2. The van der Waals surface area contributed by atoms with Crippen molar-refractivity contribution in [2.45, 2.75) is 25.8 Å². The Bertz CT molecular complexity index is 619. The van der Waals surface area contributed by atoms with Crippen LogP contribution in [0.3, 0.4) is 0 Å². The van der Waals surface area contributed by atoms with E-state index in [9.17, 15) is 9.90 Å². The summed E-state index contributed by atoms with van der Waals surface area (Å²) in [6.45, 7) is 2.89. The molecule has 2 atom stereocenters. The van der Waals surface area contributed by atoms with Crippen molar-refractivity contribution in [1.29, 1.82) is 0 Å². The zero-order chi connectivity index (χ0) is 15.5. The fourth-order valence-corrected chi connectivity index (χ4v) is 3.06. The second-order valence-electron chi connectivity index (χ2n) is 6.07. The number of amides is 1. The Hall–Kier alpha value is -2.07. The van der Waals surface area contributed by atoms with Gasteiger partial charge >= 0.3 is 0 Å². The van der Waals surface area contributed by atoms with E-state index in [1.165, 1.54) is 0 Å². The Morgan fingerprint density at radius 3 is 2.50 bits per heavy atom. The van der Waals surface area contributed by atoms with Gasteiger partial charge in [0.15, 0.2) is 0 Å². The smallest absolute Gasteiger partial charge is 0.254 e. The van der Waals surface area contributed by atoms with Crippen molar-refractivity contribution in [2.75, 3.05) is 13.2 Å². The lowest BCUT2D eigenvalue weighted by molar-refractivity contribution is 0.0489. The van der Waals surface area contributed by atoms with E-state index in [1.807, 2.05) is 58.3 Å². The summed E-state index contributed by atoms with van der Waals surface area (Å²) in [6.07, 6.45) is 5.91. The van der Waals surface area contributed by atoms with Gasteiger partial charge in [0.2, 0.25) is 0 Å². The van der Waals surface area contributed by atoms with Crippen LogP contribution in [0.5, 0.6) is 0 Å². The monoisotopic (exact) mass is 298 g/mol. The Kier molecular flexibility index (Phi) is 4.29. The number of aliphatic hydroxyl groups excluding tert-OH is 1. The van der Waals surface area contributed by atoms with Gasteiger partial charge in [-0.25, -0.2) is 0 Å². The number of aliphatic hydroxyl groups is 1. The number of rotatable bonds is 3. The summed E-state index contributed by atoms with van der Waals surface area (Å²) < 4.78 is 2.01. The van der Waals surface area contributed by atoms with E-state index in [-0.39, 0.29) is 24.5 Å². The minimum absolute atomic E-state index is 0.0599. The van der Waals surface area contributed by atoms with Gasteiger partial charge in [0.05, 0.1) is 0 Å². The van der Waals surface area contributed by atoms with Crippen LogP contribution in [0.25, 0.3) is 5.69 Å². The first kappa shape index (κ1) is 14.9. The van der Waals surface area contributed by atoms with Gasteiger partial charge < -0.3 is 14.6 Å². The SMILES string of the molecule is CC1CCC(CO)CN1C(=O)c1ccc(-n2cccc2)cc1. The fraction of sp³-hybridized carbons (Fsp3) is 0.389. The van der Waals surface area contributed by atoms with E-state index in [2.05, 4.69) is 6.92 Å². The number of carbonyl (C=O) groups excluding carboxylic acids is 1. The lowest BCUT2D eigenvalue weighted by atomic mass is 9.93. The number of carbonyl (C=O) groups is 1. The zero-order valence-electron chi connectivity index (χ0n) is 12.9. The third-order valence-corrected chi connectivity index (χ3v) is 4.52. The summed E-state index contributed by atoms with van der Waals surface area (Å²) in [4.78, 5) is 14.6. The van der Waals surface area contributed by atoms with Crippen LogP contribution < -0.4 is 0 Å². The summed E-state index contributed by atoms with van der Waals surface area (Å²) in [6, 6.07) is 11.9. The van der Waals surface area contributed by atoms with Crippen molar-refractivity contribution in [2.24, 2.45) is 5.92 Å². The van der Waals surface area contributed by atoms with Crippen molar-refractivity contribution in [3.63, 3.8) is 0 Å². The highest BCUT2D eigenvalue weighted by atomic mass is 16.3. The van der Waals surface area contributed by atoms with Gasteiger partial charge in [-0.15, -0.1) is 0 Å². The average molecular weight is 298 g/mol. The molecule has 1 amide bonds. The summed E-state index contributed by atoms with van der Waals surface area (Å²) in [5.74, 6) is 0.268. The van der Waals surface area contributed by atoms with Crippen LogP contribution in [0, 0.1) is 5.92 Å². The molecule has 22 heavy (non-hydrogen) atoms. The molecule has 2 aromatic rings. The molecule has 0 saturated carbocycles. The highest BCUT2D eigenvalue weighted by molar-refractivity contribution is 5.94. The molecule has 1 saturated heterocycles. The quantitative estimate of drug-likeness (QED) is 0.947. The Balaban J connectivity index is 1.77. The number of piperidine rings is 1. The molecule has 4 nitrogen and oxygen atoms in total. The molecule has 1 aromatic carbocycles. The van der Waals surface area contributed by atoms with Gasteiger partial charge in [0, 0.05) is 42.8 Å². The van der Waals surface area contributed by atoms with Crippen LogP contribution >= 0.6 is 0 Å². The average Bonchev–Trinajstić information content (AvgIpc) is 3.09. The molecule has 0 bridgehead atoms. The maximum absolute atomic E-state index is 12.7. The Morgan fingerprint density at radius 1 is 1.18 bits per heavy atom. The topological polar surface area (TPSA) is 45.5 Å². The van der Waals surface area contributed by atoms with E-state index in [1.54, 1.807) is 0 Å². The molecule has 2 heterocycles. The van der Waals surface area contributed by atoms with Crippen LogP contribution in [-0.2, 0) is 0 Å². The second kappa shape index (κ2) is 6.36. The van der Waals surface area contributed by atoms with Crippen LogP contribution in [0.15, 0.2) is 48.8 Å². The molecule has 0 spiro atoms. The number of hydrogen-bond acceptors (Lipinski definition) is 2. The van der Waals surface area contributed by atoms with E-state index in [0.29, 0.717) is 12.1 Å². The molecule has 2 unspecified atom stereocenters. The molecule has 3 rings (SSSR count). The highest BCUT2D eigenvalue weighted by Gasteiger charge is 2.29. The molecule has 1 aliphatic rings. The molecule has 1 fully saturated rings. The van der Waals surface area contributed by atoms with Gasteiger partial charge in [-0.05, 0) is 62.1 Å². The largest absolute Gasteiger partial charge is 0.396 e.